The van der Waals surface area contributed by atoms with E-state index in [1.54, 1.807) is 12.3 Å². The Morgan fingerprint density at radius 2 is 1.97 bits per heavy atom. The van der Waals surface area contributed by atoms with Crippen molar-refractivity contribution in [2.24, 2.45) is 0 Å². The minimum Gasteiger partial charge on any atom is -0.383 e. The van der Waals surface area contributed by atoms with E-state index in [4.69, 9.17) is 17.3 Å². The SMILES string of the molecule is Nc1nccc2c1CC[C@H]2NC(=O)c1cc(Cl)c(CN2CCN(c3ccncc3)CC2)s1. The molecule has 9 heteroatoms. The van der Waals surface area contributed by atoms with Gasteiger partial charge in [0.05, 0.1) is 15.9 Å². The van der Waals surface area contributed by atoms with Crippen molar-refractivity contribution in [3.8, 4) is 0 Å². The van der Waals surface area contributed by atoms with Gasteiger partial charge in [0.25, 0.3) is 5.91 Å². The number of hydrogen-bond acceptors (Lipinski definition) is 7. The average molecular weight is 469 g/mol. The highest BCUT2D eigenvalue weighted by Gasteiger charge is 2.27. The molecule has 0 unspecified atom stereocenters. The predicted molar refractivity (Wildman–Crippen MR) is 128 cm³/mol. The molecular weight excluding hydrogens is 444 g/mol. The van der Waals surface area contributed by atoms with Gasteiger partial charge in [-0.1, -0.05) is 11.6 Å². The van der Waals surface area contributed by atoms with Crippen molar-refractivity contribution in [1.82, 2.24) is 20.2 Å². The molecule has 3 aromatic rings. The first-order valence-corrected chi connectivity index (χ1v) is 12.0. The fourth-order valence-electron chi connectivity index (χ4n) is 4.49. The lowest BCUT2D eigenvalue weighted by atomic mass is 10.1. The topological polar surface area (TPSA) is 87.4 Å². The normalized spacial score (nSPS) is 18.5. The lowest BCUT2D eigenvalue weighted by Crippen LogP contribution is -2.45. The standard InChI is InChI=1S/C23H25ClN6OS/c24-18-13-20(23(31)28-19-2-1-17-16(19)5-8-27-22(17)25)32-21(18)14-29-9-11-30(12-10-29)15-3-6-26-7-4-15/h3-8,13,19H,1-2,9-12,14H2,(H2,25,27)(H,28,31)/t19-/m1/s1. The van der Waals surface area contributed by atoms with E-state index in [0.29, 0.717) is 15.7 Å². The van der Waals surface area contributed by atoms with Crippen molar-refractivity contribution >= 4 is 40.4 Å². The van der Waals surface area contributed by atoms with Gasteiger partial charge in [0.2, 0.25) is 0 Å². The summed E-state index contributed by atoms with van der Waals surface area (Å²) in [5.41, 5.74) is 9.31. The van der Waals surface area contributed by atoms with E-state index < -0.39 is 0 Å². The van der Waals surface area contributed by atoms with E-state index in [1.165, 1.54) is 17.0 Å². The zero-order valence-electron chi connectivity index (χ0n) is 17.6. The smallest absolute Gasteiger partial charge is 0.261 e. The number of carbonyl (C=O) groups excluding carboxylic acids is 1. The fraction of sp³-hybridized carbons (Fsp3) is 0.348. The quantitative estimate of drug-likeness (QED) is 0.595. The molecule has 5 rings (SSSR count). The van der Waals surface area contributed by atoms with E-state index in [9.17, 15) is 4.79 Å². The summed E-state index contributed by atoms with van der Waals surface area (Å²) in [6.45, 7) is 4.58. The molecule has 2 aliphatic rings. The Labute approximate surface area is 196 Å². The molecule has 166 valence electrons. The van der Waals surface area contributed by atoms with E-state index in [0.717, 1.165) is 61.6 Å². The number of carbonyl (C=O) groups is 1. The molecule has 32 heavy (non-hydrogen) atoms. The summed E-state index contributed by atoms with van der Waals surface area (Å²) in [7, 11) is 0. The van der Waals surface area contributed by atoms with Gasteiger partial charge in [0.15, 0.2) is 0 Å². The molecular formula is C23H25ClN6OS. The monoisotopic (exact) mass is 468 g/mol. The highest BCUT2D eigenvalue weighted by atomic mass is 35.5. The Kier molecular flexibility index (Phi) is 5.99. The van der Waals surface area contributed by atoms with Crippen LogP contribution in [0.3, 0.4) is 0 Å². The predicted octanol–water partition coefficient (Wildman–Crippen LogP) is 3.51. The van der Waals surface area contributed by atoms with Crippen LogP contribution < -0.4 is 16.0 Å². The minimum atomic E-state index is -0.0844. The van der Waals surface area contributed by atoms with Gasteiger partial charge in [-0.2, -0.15) is 0 Å². The van der Waals surface area contributed by atoms with Gasteiger partial charge in [-0.25, -0.2) is 4.98 Å². The van der Waals surface area contributed by atoms with Gasteiger partial charge < -0.3 is 16.0 Å². The van der Waals surface area contributed by atoms with Crippen LogP contribution in [0.1, 0.15) is 38.1 Å². The molecule has 1 aliphatic carbocycles. The van der Waals surface area contributed by atoms with Gasteiger partial charge in [-0.15, -0.1) is 11.3 Å². The second-order valence-corrected chi connectivity index (χ2v) is 9.72. The molecule has 1 amide bonds. The molecule has 0 spiro atoms. The highest BCUT2D eigenvalue weighted by Crippen LogP contribution is 2.35. The zero-order chi connectivity index (χ0) is 22.1. The van der Waals surface area contributed by atoms with Crippen LogP contribution in [-0.4, -0.2) is 47.0 Å². The molecule has 0 bridgehead atoms. The number of piperazine rings is 1. The number of nitrogens with one attached hydrogen (secondary N) is 1. The van der Waals surface area contributed by atoms with Crippen molar-refractivity contribution < 1.29 is 4.79 Å². The largest absolute Gasteiger partial charge is 0.383 e. The van der Waals surface area contributed by atoms with Gasteiger partial charge in [-0.05, 0) is 48.2 Å². The van der Waals surface area contributed by atoms with Crippen LogP contribution in [0.2, 0.25) is 5.02 Å². The number of nitrogens with zero attached hydrogens (tertiary/aromatic N) is 4. The fourth-order valence-corrected chi connectivity index (χ4v) is 5.84. The van der Waals surface area contributed by atoms with Gasteiger partial charge in [-0.3, -0.25) is 14.7 Å². The maximum atomic E-state index is 12.9. The van der Waals surface area contributed by atoms with Crippen LogP contribution in [0.5, 0.6) is 0 Å². The summed E-state index contributed by atoms with van der Waals surface area (Å²) in [4.78, 5) is 27.6. The number of halogens is 1. The maximum absolute atomic E-state index is 12.9. The summed E-state index contributed by atoms with van der Waals surface area (Å²) in [5.74, 6) is 0.476. The molecule has 7 nitrogen and oxygen atoms in total. The lowest BCUT2D eigenvalue weighted by Gasteiger charge is -2.35. The minimum absolute atomic E-state index is 0.0339. The van der Waals surface area contributed by atoms with E-state index in [-0.39, 0.29) is 11.9 Å². The first kappa shape index (κ1) is 21.2. The van der Waals surface area contributed by atoms with Crippen LogP contribution in [0.25, 0.3) is 0 Å². The third-order valence-corrected chi connectivity index (χ3v) is 7.81. The molecule has 1 saturated heterocycles. The number of amides is 1. The summed E-state index contributed by atoms with van der Waals surface area (Å²) in [6.07, 6.45) is 7.03. The third kappa shape index (κ3) is 4.30. The van der Waals surface area contributed by atoms with E-state index >= 15 is 0 Å². The van der Waals surface area contributed by atoms with Crippen LogP contribution in [0.4, 0.5) is 11.5 Å². The number of aromatic nitrogens is 2. The van der Waals surface area contributed by atoms with Gasteiger partial charge in [0.1, 0.15) is 5.82 Å². The third-order valence-electron chi connectivity index (χ3n) is 6.24. The van der Waals surface area contributed by atoms with E-state index in [2.05, 4.69) is 25.1 Å². The summed E-state index contributed by atoms with van der Waals surface area (Å²) in [5, 5.41) is 3.81. The Bertz CT molecular complexity index is 1110. The van der Waals surface area contributed by atoms with E-state index in [1.807, 2.05) is 30.6 Å². The molecule has 1 aliphatic heterocycles. The molecule has 0 saturated carbocycles. The van der Waals surface area contributed by atoms with Crippen molar-refractivity contribution in [1.29, 1.82) is 0 Å². The zero-order valence-corrected chi connectivity index (χ0v) is 19.2. The Hall–Kier alpha value is -2.68. The van der Waals surface area contributed by atoms with Gasteiger partial charge in [0, 0.05) is 61.9 Å². The van der Waals surface area contributed by atoms with Crippen molar-refractivity contribution in [3.63, 3.8) is 0 Å². The lowest BCUT2D eigenvalue weighted by molar-refractivity contribution is 0.0941. The van der Waals surface area contributed by atoms with Gasteiger partial charge >= 0.3 is 0 Å². The number of fused-ring (bicyclic) bond motifs is 1. The Morgan fingerprint density at radius 3 is 2.75 bits per heavy atom. The number of nitrogen functional groups attached to an aromatic ring is 1. The van der Waals surface area contributed by atoms with Crippen molar-refractivity contribution in [2.45, 2.75) is 25.4 Å². The van der Waals surface area contributed by atoms with Crippen molar-refractivity contribution in [3.05, 3.63) is 68.8 Å². The molecule has 0 radical (unpaired) electrons. The van der Waals surface area contributed by atoms with Crippen LogP contribution in [0, 0.1) is 0 Å². The average Bonchev–Trinajstić information content (AvgIpc) is 3.39. The number of nitrogens with two attached hydrogens (primary N) is 1. The second kappa shape index (κ2) is 9.05. The van der Waals surface area contributed by atoms with Crippen LogP contribution in [-0.2, 0) is 13.0 Å². The van der Waals surface area contributed by atoms with Crippen molar-refractivity contribution in [2.75, 3.05) is 36.8 Å². The van der Waals surface area contributed by atoms with Crippen LogP contribution >= 0.6 is 22.9 Å². The van der Waals surface area contributed by atoms with Crippen LogP contribution in [0.15, 0.2) is 42.9 Å². The maximum Gasteiger partial charge on any atom is 0.261 e. The number of anilines is 2. The summed E-state index contributed by atoms with van der Waals surface area (Å²) in [6, 6.07) is 7.80. The first-order valence-electron chi connectivity index (χ1n) is 10.8. The highest BCUT2D eigenvalue weighted by molar-refractivity contribution is 7.14. The molecule has 3 N–H and O–H groups in total. The number of rotatable bonds is 5. The molecule has 3 aromatic heterocycles. The molecule has 1 fully saturated rings. The Balaban J connectivity index is 1.20. The number of hydrogen-bond donors (Lipinski definition) is 2. The molecule has 4 heterocycles. The second-order valence-electron chi connectivity index (χ2n) is 8.18. The Morgan fingerprint density at radius 1 is 1.19 bits per heavy atom. The molecule has 0 aromatic carbocycles. The summed E-state index contributed by atoms with van der Waals surface area (Å²) < 4.78 is 0. The number of pyridine rings is 2. The summed E-state index contributed by atoms with van der Waals surface area (Å²) >= 11 is 7.99. The number of thiophene rings is 1. The molecule has 1 atom stereocenters. The first-order chi connectivity index (χ1) is 15.6.